The molecule has 1 aliphatic heterocycles. The van der Waals surface area contributed by atoms with Crippen molar-refractivity contribution in [2.45, 2.75) is 0 Å². The van der Waals surface area contributed by atoms with E-state index in [1.54, 1.807) is 18.3 Å². The Morgan fingerprint density at radius 2 is 2.21 bits per heavy atom. The number of carbonyl (C=O) groups is 1. The molecule has 0 radical (unpaired) electrons. The number of methoxy groups -OCH3 is 1. The van der Waals surface area contributed by atoms with Crippen molar-refractivity contribution in [2.24, 2.45) is 0 Å². The first-order chi connectivity index (χ1) is 9.20. The van der Waals surface area contributed by atoms with Gasteiger partial charge in [0.05, 0.1) is 12.7 Å². The summed E-state index contributed by atoms with van der Waals surface area (Å²) in [5.74, 6) is 0.612. The van der Waals surface area contributed by atoms with Gasteiger partial charge in [-0.15, -0.1) is 0 Å². The average Bonchev–Trinajstić information content (AvgIpc) is 3.05. The van der Waals surface area contributed by atoms with Crippen molar-refractivity contribution in [1.29, 1.82) is 0 Å². The molecule has 0 spiro atoms. The van der Waals surface area contributed by atoms with E-state index >= 15 is 0 Å². The number of carboxylic acids is 1. The summed E-state index contributed by atoms with van der Waals surface area (Å²) in [6.07, 6.45) is 3.06. The molecule has 2 N–H and O–H groups in total. The summed E-state index contributed by atoms with van der Waals surface area (Å²) >= 11 is 0. The zero-order valence-corrected chi connectivity index (χ0v) is 10.1. The Kier molecular flexibility index (Phi) is 2.56. The number of hydrogen-bond acceptors (Lipinski definition) is 4. The maximum absolute atomic E-state index is 11.1. The minimum atomic E-state index is -0.993. The first kappa shape index (κ1) is 11.5. The van der Waals surface area contributed by atoms with E-state index in [-0.39, 0.29) is 12.4 Å². The maximum atomic E-state index is 11.1. The van der Waals surface area contributed by atoms with Crippen LogP contribution in [-0.2, 0) is 0 Å². The quantitative estimate of drug-likeness (QED) is 0.884. The lowest BCUT2D eigenvalue weighted by molar-refractivity contribution is 0.0698. The van der Waals surface area contributed by atoms with Crippen molar-refractivity contribution in [3.05, 3.63) is 30.1 Å². The lowest BCUT2D eigenvalue weighted by atomic mass is 10.0. The van der Waals surface area contributed by atoms with Crippen molar-refractivity contribution < 1.29 is 24.1 Å². The van der Waals surface area contributed by atoms with Gasteiger partial charge in [-0.1, -0.05) is 0 Å². The Morgan fingerprint density at radius 3 is 2.95 bits per heavy atom. The molecule has 0 aliphatic carbocycles. The van der Waals surface area contributed by atoms with Gasteiger partial charge in [-0.05, 0) is 17.7 Å². The Hall–Kier alpha value is -2.63. The fourth-order valence-corrected chi connectivity index (χ4v) is 2.06. The van der Waals surface area contributed by atoms with Gasteiger partial charge >= 0.3 is 5.97 Å². The predicted molar refractivity (Wildman–Crippen MR) is 65.9 cm³/mol. The number of nitrogens with one attached hydrogen (secondary N) is 1. The van der Waals surface area contributed by atoms with E-state index in [1.165, 1.54) is 13.3 Å². The molecule has 19 heavy (non-hydrogen) atoms. The van der Waals surface area contributed by atoms with Crippen molar-refractivity contribution in [1.82, 2.24) is 4.98 Å². The van der Waals surface area contributed by atoms with E-state index in [0.717, 1.165) is 0 Å². The molecule has 2 heterocycles. The van der Waals surface area contributed by atoms with Gasteiger partial charge in [0.25, 0.3) is 0 Å². The molecule has 0 bridgehead atoms. The SMILES string of the molecule is COc1cc(-c2c[nH]cc2C(=O)O)cc2c1OCO2. The fourth-order valence-electron chi connectivity index (χ4n) is 2.06. The minimum absolute atomic E-state index is 0.133. The molecule has 1 aliphatic rings. The van der Waals surface area contributed by atoms with Crippen LogP contribution >= 0.6 is 0 Å². The van der Waals surface area contributed by atoms with Crippen LogP contribution in [0.5, 0.6) is 17.2 Å². The van der Waals surface area contributed by atoms with E-state index in [4.69, 9.17) is 19.3 Å². The molecule has 0 unspecified atom stereocenters. The molecule has 0 atom stereocenters. The van der Waals surface area contributed by atoms with E-state index in [9.17, 15) is 4.79 Å². The lowest BCUT2D eigenvalue weighted by Gasteiger charge is -2.08. The smallest absolute Gasteiger partial charge is 0.337 e. The number of rotatable bonds is 3. The van der Waals surface area contributed by atoms with Crippen LogP contribution in [0.2, 0.25) is 0 Å². The van der Waals surface area contributed by atoms with E-state index in [2.05, 4.69) is 4.98 Å². The van der Waals surface area contributed by atoms with Gasteiger partial charge in [0.2, 0.25) is 12.5 Å². The van der Waals surface area contributed by atoms with Crippen LogP contribution in [-0.4, -0.2) is 30.0 Å². The first-order valence-electron chi connectivity index (χ1n) is 5.59. The predicted octanol–water partition coefficient (Wildman–Crippen LogP) is 2.12. The van der Waals surface area contributed by atoms with Crippen molar-refractivity contribution in [3.63, 3.8) is 0 Å². The van der Waals surface area contributed by atoms with Crippen LogP contribution in [0.3, 0.4) is 0 Å². The van der Waals surface area contributed by atoms with Gasteiger partial charge in [0.15, 0.2) is 11.5 Å². The molecule has 98 valence electrons. The topological polar surface area (TPSA) is 80.8 Å². The van der Waals surface area contributed by atoms with E-state index in [1.807, 2.05) is 0 Å². The number of benzene rings is 1. The molecule has 0 saturated heterocycles. The molecule has 6 heteroatoms. The van der Waals surface area contributed by atoms with Crippen LogP contribution in [0.1, 0.15) is 10.4 Å². The molecule has 1 aromatic carbocycles. The lowest BCUT2D eigenvalue weighted by Crippen LogP contribution is -1.96. The third-order valence-corrected chi connectivity index (χ3v) is 2.95. The highest BCUT2D eigenvalue weighted by Gasteiger charge is 2.22. The molecule has 3 rings (SSSR count). The fraction of sp³-hybridized carbons (Fsp3) is 0.154. The zero-order valence-electron chi connectivity index (χ0n) is 10.1. The normalized spacial score (nSPS) is 12.5. The number of aromatic carboxylic acids is 1. The summed E-state index contributed by atoms with van der Waals surface area (Å²) in [5, 5.41) is 9.13. The summed E-state index contributed by atoms with van der Waals surface area (Å²) in [5.41, 5.74) is 1.46. The van der Waals surface area contributed by atoms with Gasteiger partial charge in [-0.3, -0.25) is 0 Å². The second-order valence-corrected chi connectivity index (χ2v) is 4.00. The molecule has 0 saturated carbocycles. The van der Waals surface area contributed by atoms with Crippen molar-refractivity contribution >= 4 is 5.97 Å². The number of aromatic nitrogens is 1. The molecule has 2 aromatic rings. The molecule has 1 aromatic heterocycles. The Labute approximate surface area is 108 Å². The second kappa shape index (κ2) is 4.24. The van der Waals surface area contributed by atoms with Crippen LogP contribution < -0.4 is 14.2 Å². The number of aromatic amines is 1. The van der Waals surface area contributed by atoms with Crippen molar-refractivity contribution in [3.8, 4) is 28.4 Å². The third kappa shape index (κ3) is 1.77. The average molecular weight is 261 g/mol. The number of hydrogen-bond donors (Lipinski definition) is 2. The Balaban J connectivity index is 2.16. The molecule has 0 amide bonds. The summed E-state index contributed by atoms with van der Waals surface area (Å²) in [6, 6.07) is 3.46. The van der Waals surface area contributed by atoms with Gasteiger partial charge in [0.1, 0.15) is 0 Å². The highest BCUT2D eigenvalue weighted by molar-refractivity contribution is 5.96. The summed E-state index contributed by atoms with van der Waals surface area (Å²) in [6.45, 7) is 0.133. The largest absolute Gasteiger partial charge is 0.493 e. The highest BCUT2D eigenvalue weighted by atomic mass is 16.7. The van der Waals surface area contributed by atoms with Crippen LogP contribution in [0.25, 0.3) is 11.1 Å². The molecule has 6 nitrogen and oxygen atoms in total. The maximum Gasteiger partial charge on any atom is 0.337 e. The standard InChI is InChI=1S/C13H11NO5/c1-17-10-2-7(3-11-12(10)19-6-18-11)8-4-14-5-9(8)13(15)16/h2-5,14H,6H2,1H3,(H,15,16). The van der Waals surface area contributed by atoms with Gasteiger partial charge in [-0.2, -0.15) is 0 Å². The Morgan fingerprint density at radius 1 is 1.37 bits per heavy atom. The number of H-pyrrole nitrogens is 1. The number of fused-ring (bicyclic) bond motifs is 1. The first-order valence-corrected chi connectivity index (χ1v) is 5.59. The summed E-state index contributed by atoms with van der Waals surface area (Å²) in [7, 11) is 1.52. The monoisotopic (exact) mass is 261 g/mol. The van der Waals surface area contributed by atoms with Crippen LogP contribution in [0.4, 0.5) is 0 Å². The van der Waals surface area contributed by atoms with Crippen LogP contribution in [0.15, 0.2) is 24.5 Å². The number of ether oxygens (including phenoxy) is 3. The molecule has 0 fully saturated rings. The van der Waals surface area contributed by atoms with Gasteiger partial charge in [-0.25, -0.2) is 4.79 Å². The number of carboxylic acid groups (broad SMARTS) is 1. The third-order valence-electron chi connectivity index (χ3n) is 2.95. The second-order valence-electron chi connectivity index (χ2n) is 4.00. The molecular formula is C13H11NO5. The van der Waals surface area contributed by atoms with Gasteiger partial charge < -0.3 is 24.3 Å². The van der Waals surface area contributed by atoms with Gasteiger partial charge in [0, 0.05) is 18.0 Å². The molecular weight excluding hydrogens is 250 g/mol. The Bertz CT molecular complexity index is 646. The van der Waals surface area contributed by atoms with Crippen molar-refractivity contribution in [2.75, 3.05) is 13.9 Å². The summed E-state index contributed by atoms with van der Waals surface area (Å²) in [4.78, 5) is 13.9. The summed E-state index contributed by atoms with van der Waals surface area (Å²) < 4.78 is 15.9. The van der Waals surface area contributed by atoms with E-state index < -0.39 is 5.97 Å². The van der Waals surface area contributed by atoms with Crippen LogP contribution in [0, 0.1) is 0 Å². The highest BCUT2D eigenvalue weighted by Crippen LogP contribution is 2.44. The van der Waals surface area contributed by atoms with E-state index in [0.29, 0.717) is 28.4 Å². The minimum Gasteiger partial charge on any atom is -0.493 e. The zero-order chi connectivity index (χ0) is 13.4.